The first-order chi connectivity index (χ1) is 9.06. The van der Waals surface area contributed by atoms with Crippen molar-refractivity contribution in [2.75, 3.05) is 7.05 Å². The van der Waals surface area contributed by atoms with Crippen molar-refractivity contribution in [1.82, 2.24) is 9.88 Å². The highest BCUT2D eigenvalue weighted by atomic mass is 19.1. The molecule has 1 unspecified atom stereocenters. The Balaban J connectivity index is 2.10. The molecule has 0 aliphatic carbocycles. The Kier molecular flexibility index (Phi) is 4.22. The lowest BCUT2D eigenvalue weighted by Gasteiger charge is -2.24. The molecule has 4 heteroatoms. The molecule has 0 fully saturated rings. The molecular formula is C15H16F2N2. The van der Waals surface area contributed by atoms with Crippen LogP contribution in [0.25, 0.3) is 0 Å². The van der Waals surface area contributed by atoms with E-state index >= 15 is 0 Å². The van der Waals surface area contributed by atoms with E-state index in [9.17, 15) is 8.78 Å². The van der Waals surface area contributed by atoms with Crippen molar-refractivity contribution >= 4 is 0 Å². The van der Waals surface area contributed by atoms with Crippen molar-refractivity contribution in [2.45, 2.75) is 19.5 Å². The molecule has 0 spiro atoms. The molecule has 0 N–H and O–H groups in total. The van der Waals surface area contributed by atoms with Crippen molar-refractivity contribution in [2.24, 2.45) is 0 Å². The fourth-order valence-corrected chi connectivity index (χ4v) is 2.00. The molecule has 0 aliphatic heterocycles. The zero-order valence-corrected chi connectivity index (χ0v) is 11.0. The Morgan fingerprint density at radius 1 is 1.21 bits per heavy atom. The molecule has 2 nitrogen and oxygen atoms in total. The maximum absolute atomic E-state index is 13.1. The number of aromatic nitrogens is 1. The van der Waals surface area contributed by atoms with Crippen molar-refractivity contribution in [3.05, 3.63) is 65.5 Å². The standard InChI is InChI=1S/C15H16F2N2/c1-11(13-4-3-5-18-9-13)19(2)10-12-6-14(16)8-15(17)7-12/h3-9,11H,10H2,1-2H3. The monoisotopic (exact) mass is 262 g/mol. The lowest BCUT2D eigenvalue weighted by Crippen LogP contribution is -2.22. The second kappa shape index (κ2) is 5.89. The van der Waals surface area contributed by atoms with E-state index in [1.165, 1.54) is 12.1 Å². The van der Waals surface area contributed by atoms with Crippen molar-refractivity contribution in [1.29, 1.82) is 0 Å². The molecule has 1 aromatic carbocycles. The summed E-state index contributed by atoms with van der Waals surface area (Å²) in [7, 11) is 1.92. The first-order valence-corrected chi connectivity index (χ1v) is 6.11. The summed E-state index contributed by atoms with van der Waals surface area (Å²) < 4.78 is 26.3. The van der Waals surface area contributed by atoms with Gasteiger partial charge in [-0.3, -0.25) is 9.88 Å². The predicted molar refractivity (Wildman–Crippen MR) is 70.5 cm³/mol. The third-order valence-corrected chi connectivity index (χ3v) is 3.18. The third kappa shape index (κ3) is 3.58. The fraction of sp³-hybridized carbons (Fsp3) is 0.267. The molecule has 0 amide bonds. The second-order valence-corrected chi connectivity index (χ2v) is 4.66. The van der Waals surface area contributed by atoms with Crippen molar-refractivity contribution < 1.29 is 8.78 Å². The van der Waals surface area contributed by atoms with Crippen molar-refractivity contribution in [3.63, 3.8) is 0 Å². The molecule has 2 rings (SSSR count). The molecular weight excluding hydrogens is 246 g/mol. The lowest BCUT2D eigenvalue weighted by atomic mass is 10.1. The van der Waals surface area contributed by atoms with E-state index < -0.39 is 11.6 Å². The van der Waals surface area contributed by atoms with Gasteiger partial charge in [-0.25, -0.2) is 8.78 Å². The summed E-state index contributed by atoms with van der Waals surface area (Å²) in [5, 5.41) is 0. The molecule has 0 aliphatic rings. The topological polar surface area (TPSA) is 16.1 Å². The SMILES string of the molecule is CC(c1cccnc1)N(C)Cc1cc(F)cc(F)c1. The first-order valence-electron chi connectivity index (χ1n) is 6.11. The lowest BCUT2D eigenvalue weighted by molar-refractivity contribution is 0.252. The number of rotatable bonds is 4. The minimum absolute atomic E-state index is 0.125. The van der Waals surface area contributed by atoms with E-state index in [-0.39, 0.29) is 6.04 Å². The van der Waals surface area contributed by atoms with Gasteiger partial charge in [-0.1, -0.05) is 6.07 Å². The van der Waals surface area contributed by atoms with E-state index in [0.717, 1.165) is 11.6 Å². The average molecular weight is 262 g/mol. The summed E-state index contributed by atoms with van der Waals surface area (Å²) >= 11 is 0. The largest absolute Gasteiger partial charge is 0.295 e. The minimum atomic E-state index is -0.544. The molecule has 1 aromatic heterocycles. The Labute approximate surface area is 111 Å². The molecule has 0 saturated carbocycles. The van der Waals surface area contributed by atoms with Gasteiger partial charge in [0.25, 0.3) is 0 Å². The summed E-state index contributed by atoms with van der Waals surface area (Å²) in [6.45, 7) is 2.51. The van der Waals surface area contributed by atoms with E-state index in [0.29, 0.717) is 12.1 Å². The van der Waals surface area contributed by atoms with Gasteiger partial charge in [0.2, 0.25) is 0 Å². The summed E-state index contributed by atoms with van der Waals surface area (Å²) in [5.74, 6) is -1.09. The molecule has 2 aromatic rings. The van der Waals surface area contributed by atoms with Crippen LogP contribution in [0.1, 0.15) is 24.1 Å². The van der Waals surface area contributed by atoms with E-state index in [4.69, 9.17) is 0 Å². The highest BCUT2D eigenvalue weighted by Gasteiger charge is 2.12. The zero-order valence-electron chi connectivity index (χ0n) is 11.0. The summed E-state index contributed by atoms with van der Waals surface area (Å²) in [5.41, 5.74) is 1.69. The van der Waals surface area contributed by atoms with Gasteiger partial charge in [0.15, 0.2) is 0 Å². The maximum Gasteiger partial charge on any atom is 0.126 e. The van der Waals surface area contributed by atoms with Crippen LogP contribution in [0.15, 0.2) is 42.7 Å². The van der Waals surface area contributed by atoms with E-state index in [2.05, 4.69) is 4.98 Å². The van der Waals surface area contributed by atoms with Gasteiger partial charge in [0.05, 0.1) is 0 Å². The van der Waals surface area contributed by atoms with Gasteiger partial charge in [-0.05, 0) is 43.3 Å². The molecule has 1 heterocycles. The zero-order chi connectivity index (χ0) is 13.8. The van der Waals surface area contributed by atoms with Crippen LogP contribution in [-0.2, 0) is 6.54 Å². The fourth-order valence-electron chi connectivity index (χ4n) is 2.00. The highest BCUT2D eigenvalue weighted by molar-refractivity contribution is 5.19. The Hall–Kier alpha value is -1.81. The average Bonchev–Trinajstić information content (AvgIpc) is 2.37. The first kappa shape index (κ1) is 13.6. The van der Waals surface area contributed by atoms with Crippen LogP contribution in [0, 0.1) is 11.6 Å². The van der Waals surface area contributed by atoms with E-state index in [1.807, 2.05) is 31.0 Å². The van der Waals surface area contributed by atoms with Crippen LogP contribution in [-0.4, -0.2) is 16.9 Å². The highest BCUT2D eigenvalue weighted by Crippen LogP contribution is 2.20. The van der Waals surface area contributed by atoms with Gasteiger partial charge >= 0.3 is 0 Å². The van der Waals surface area contributed by atoms with Gasteiger partial charge in [-0.15, -0.1) is 0 Å². The number of hydrogen-bond donors (Lipinski definition) is 0. The van der Waals surface area contributed by atoms with Gasteiger partial charge in [0.1, 0.15) is 11.6 Å². The maximum atomic E-state index is 13.1. The number of nitrogens with zero attached hydrogens (tertiary/aromatic N) is 2. The van der Waals surface area contributed by atoms with Gasteiger partial charge in [-0.2, -0.15) is 0 Å². The smallest absolute Gasteiger partial charge is 0.126 e. The molecule has 19 heavy (non-hydrogen) atoms. The minimum Gasteiger partial charge on any atom is -0.295 e. The Morgan fingerprint density at radius 3 is 2.47 bits per heavy atom. The van der Waals surface area contributed by atoms with Crippen LogP contribution >= 0.6 is 0 Å². The van der Waals surface area contributed by atoms with E-state index in [1.54, 1.807) is 12.4 Å². The van der Waals surface area contributed by atoms with Gasteiger partial charge in [0, 0.05) is 31.0 Å². The number of hydrogen-bond acceptors (Lipinski definition) is 2. The molecule has 100 valence electrons. The number of pyridine rings is 1. The quantitative estimate of drug-likeness (QED) is 0.837. The third-order valence-electron chi connectivity index (χ3n) is 3.18. The van der Waals surface area contributed by atoms with Crippen LogP contribution in [0.4, 0.5) is 8.78 Å². The summed E-state index contributed by atoms with van der Waals surface area (Å²) in [6, 6.07) is 7.58. The molecule has 0 saturated heterocycles. The summed E-state index contributed by atoms with van der Waals surface area (Å²) in [6.07, 6.45) is 3.52. The normalized spacial score (nSPS) is 12.7. The molecule has 1 atom stereocenters. The van der Waals surface area contributed by atoms with Crippen LogP contribution in [0.5, 0.6) is 0 Å². The second-order valence-electron chi connectivity index (χ2n) is 4.66. The predicted octanol–water partition coefficient (Wildman–Crippen LogP) is 3.55. The van der Waals surface area contributed by atoms with Gasteiger partial charge < -0.3 is 0 Å². The Bertz CT molecular complexity index is 523. The van der Waals surface area contributed by atoms with Crippen LogP contribution < -0.4 is 0 Å². The molecule has 0 radical (unpaired) electrons. The summed E-state index contributed by atoms with van der Waals surface area (Å²) in [4.78, 5) is 6.10. The van der Waals surface area contributed by atoms with Crippen molar-refractivity contribution in [3.8, 4) is 0 Å². The number of benzene rings is 1. The van der Waals surface area contributed by atoms with Crippen LogP contribution in [0.3, 0.4) is 0 Å². The molecule has 0 bridgehead atoms. The number of halogens is 2. The Morgan fingerprint density at radius 2 is 1.89 bits per heavy atom. The van der Waals surface area contributed by atoms with Crippen LogP contribution in [0.2, 0.25) is 0 Å².